The van der Waals surface area contributed by atoms with Gasteiger partial charge >= 0.3 is 5.69 Å². The zero-order chi connectivity index (χ0) is 21.4. The van der Waals surface area contributed by atoms with Crippen LogP contribution in [0.1, 0.15) is 19.3 Å². The normalized spacial score (nSPS) is 14.3. The number of benzene rings is 1. The number of piperidine rings is 1. The number of nitrogens with zero attached hydrogens (tertiary/aromatic N) is 6. The van der Waals surface area contributed by atoms with Crippen LogP contribution in [0.3, 0.4) is 0 Å². The second-order valence-corrected chi connectivity index (χ2v) is 7.87. The number of hydrogen-bond donors (Lipinski definition) is 0. The van der Waals surface area contributed by atoms with E-state index in [1.807, 2.05) is 6.07 Å². The third-order valence-electron chi connectivity index (χ3n) is 5.34. The molecule has 4 heterocycles. The van der Waals surface area contributed by atoms with Gasteiger partial charge in [-0.2, -0.15) is 4.98 Å². The first kappa shape index (κ1) is 19.5. The monoisotopic (exact) mass is 438 g/mol. The van der Waals surface area contributed by atoms with Crippen molar-refractivity contribution in [2.24, 2.45) is 0 Å². The van der Waals surface area contributed by atoms with E-state index in [0.717, 1.165) is 32.4 Å². The van der Waals surface area contributed by atoms with Crippen molar-refractivity contribution in [3.63, 3.8) is 0 Å². The summed E-state index contributed by atoms with van der Waals surface area (Å²) >= 11 is 6.05. The maximum Gasteiger partial charge on any atom is 0.350 e. The predicted molar refractivity (Wildman–Crippen MR) is 114 cm³/mol. The van der Waals surface area contributed by atoms with Crippen molar-refractivity contribution in [1.29, 1.82) is 0 Å². The highest BCUT2D eigenvalue weighted by molar-refractivity contribution is 6.30. The first-order valence-corrected chi connectivity index (χ1v) is 10.4. The highest BCUT2D eigenvalue weighted by Crippen LogP contribution is 2.25. The summed E-state index contributed by atoms with van der Waals surface area (Å²) in [6, 6.07) is 10.6. The fourth-order valence-corrected chi connectivity index (χ4v) is 3.95. The number of likely N-dealkylation sites (tertiary alicyclic amines) is 1. The van der Waals surface area contributed by atoms with Crippen LogP contribution in [0.2, 0.25) is 5.02 Å². The van der Waals surface area contributed by atoms with Gasteiger partial charge in [-0.05, 0) is 43.5 Å². The first-order chi connectivity index (χ1) is 15.1. The zero-order valence-electron chi connectivity index (χ0n) is 16.6. The van der Waals surface area contributed by atoms with Gasteiger partial charge in [-0.1, -0.05) is 28.9 Å². The van der Waals surface area contributed by atoms with Crippen molar-refractivity contribution in [1.82, 2.24) is 29.2 Å². The van der Waals surface area contributed by atoms with Crippen LogP contribution < -0.4 is 5.69 Å². The number of rotatable bonds is 4. The smallest absolute Gasteiger partial charge is 0.341 e. The average molecular weight is 439 g/mol. The first-order valence-electron chi connectivity index (χ1n) is 10.1. The third-order valence-corrected chi connectivity index (χ3v) is 5.58. The summed E-state index contributed by atoms with van der Waals surface area (Å²) in [6.45, 7) is 1.35. The maximum atomic E-state index is 12.8. The summed E-state index contributed by atoms with van der Waals surface area (Å²) in [4.78, 5) is 31.6. The van der Waals surface area contributed by atoms with Crippen molar-refractivity contribution in [2.45, 2.75) is 25.8 Å². The van der Waals surface area contributed by atoms with Gasteiger partial charge in [0.15, 0.2) is 5.65 Å². The molecule has 9 nitrogen and oxygen atoms in total. The number of hydrogen-bond acceptors (Lipinski definition) is 6. The van der Waals surface area contributed by atoms with Crippen molar-refractivity contribution in [3.05, 3.63) is 58.1 Å². The molecule has 1 aromatic carbocycles. The van der Waals surface area contributed by atoms with E-state index in [0.29, 0.717) is 27.6 Å². The minimum absolute atomic E-state index is 0.0997. The van der Waals surface area contributed by atoms with Gasteiger partial charge in [0.2, 0.25) is 11.7 Å². The Kier molecular flexibility index (Phi) is 5.03. The van der Waals surface area contributed by atoms with Crippen LogP contribution in [-0.4, -0.2) is 48.2 Å². The Morgan fingerprint density at radius 3 is 2.77 bits per heavy atom. The van der Waals surface area contributed by atoms with E-state index in [-0.39, 0.29) is 18.3 Å². The summed E-state index contributed by atoms with van der Waals surface area (Å²) in [5, 5.41) is 8.98. The molecule has 0 radical (unpaired) electrons. The van der Waals surface area contributed by atoms with Crippen LogP contribution in [0, 0.1) is 0 Å². The van der Waals surface area contributed by atoms with Crippen molar-refractivity contribution in [3.8, 4) is 22.8 Å². The van der Waals surface area contributed by atoms with Crippen LogP contribution >= 0.6 is 11.6 Å². The molecule has 0 saturated carbocycles. The Hall–Kier alpha value is -3.46. The minimum Gasteiger partial charge on any atom is -0.341 e. The SMILES string of the molecule is O=C(Cn1nc2c(-c3nc(-c4cccc(Cl)c4)no3)cccn2c1=O)N1CCCCC1. The van der Waals surface area contributed by atoms with Gasteiger partial charge in [0.25, 0.3) is 5.89 Å². The number of aromatic nitrogens is 5. The lowest BCUT2D eigenvalue weighted by atomic mass is 10.1. The Morgan fingerprint density at radius 2 is 1.97 bits per heavy atom. The number of carbonyl (C=O) groups excluding carboxylic acids is 1. The molecule has 0 spiro atoms. The van der Waals surface area contributed by atoms with Gasteiger partial charge in [-0.25, -0.2) is 13.9 Å². The number of carbonyl (C=O) groups is 1. The molecule has 0 aliphatic carbocycles. The number of amides is 1. The molecule has 1 aliphatic heterocycles. The molecular formula is C21H19ClN6O3. The van der Waals surface area contributed by atoms with E-state index in [1.54, 1.807) is 41.4 Å². The summed E-state index contributed by atoms with van der Waals surface area (Å²) in [6.07, 6.45) is 4.71. The maximum absolute atomic E-state index is 12.8. The molecule has 1 amide bonds. The Morgan fingerprint density at radius 1 is 1.13 bits per heavy atom. The summed E-state index contributed by atoms with van der Waals surface area (Å²) in [7, 11) is 0. The van der Waals surface area contributed by atoms with Gasteiger partial charge in [0.05, 0.1) is 5.56 Å². The molecule has 1 aliphatic rings. The van der Waals surface area contributed by atoms with Crippen LogP contribution in [0.5, 0.6) is 0 Å². The molecule has 158 valence electrons. The van der Waals surface area contributed by atoms with Crippen LogP contribution in [0.15, 0.2) is 51.9 Å². The fourth-order valence-electron chi connectivity index (χ4n) is 3.76. The quantitative estimate of drug-likeness (QED) is 0.486. The lowest BCUT2D eigenvalue weighted by Crippen LogP contribution is -2.39. The van der Waals surface area contributed by atoms with E-state index in [9.17, 15) is 9.59 Å². The van der Waals surface area contributed by atoms with E-state index in [2.05, 4.69) is 15.2 Å². The molecular weight excluding hydrogens is 420 g/mol. The number of fused-ring (bicyclic) bond motifs is 1. The molecule has 10 heteroatoms. The molecule has 1 saturated heterocycles. The fraction of sp³-hybridized carbons (Fsp3) is 0.286. The Bertz CT molecular complexity index is 1320. The van der Waals surface area contributed by atoms with Crippen molar-refractivity contribution < 1.29 is 9.32 Å². The molecule has 5 rings (SSSR count). The number of halogens is 1. The average Bonchev–Trinajstić information content (AvgIpc) is 3.40. The third kappa shape index (κ3) is 3.72. The predicted octanol–water partition coefficient (Wildman–Crippen LogP) is 2.88. The molecule has 0 atom stereocenters. The van der Waals surface area contributed by atoms with Gasteiger partial charge in [-0.3, -0.25) is 4.79 Å². The molecule has 1 fully saturated rings. The number of pyridine rings is 1. The zero-order valence-corrected chi connectivity index (χ0v) is 17.3. The lowest BCUT2D eigenvalue weighted by molar-refractivity contribution is -0.133. The minimum atomic E-state index is -0.392. The Balaban J connectivity index is 1.49. The summed E-state index contributed by atoms with van der Waals surface area (Å²) < 4.78 is 8.00. The van der Waals surface area contributed by atoms with E-state index >= 15 is 0 Å². The molecule has 0 bridgehead atoms. The lowest BCUT2D eigenvalue weighted by Gasteiger charge is -2.26. The molecule has 3 aromatic heterocycles. The van der Waals surface area contributed by atoms with Crippen LogP contribution in [0.25, 0.3) is 28.5 Å². The van der Waals surface area contributed by atoms with Gasteiger partial charge < -0.3 is 9.42 Å². The largest absolute Gasteiger partial charge is 0.350 e. The molecule has 0 unspecified atom stereocenters. The molecule has 31 heavy (non-hydrogen) atoms. The van der Waals surface area contributed by atoms with E-state index < -0.39 is 5.69 Å². The molecule has 0 N–H and O–H groups in total. The second-order valence-electron chi connectivity index (χ2n) is 7.43. The van der Waals surface area contributed by atoms with Gasteiger partial charge in [-0.15, -0.1) is 5.10 Å². The topological polar surface area (TPSA) is 98.5 Å². The highest BCUT2D eigenvalue weighted by atomic mass is 35.5. The van der Waals surface area contributed by atoms with E-state index in [1.165, 1.54) is 9.08 Å². The standard InChI is InChI=1S/C21H19ClN6O3/c22-15-7-4-6-14(12-15)18-23-20(31-25-18)16-8-5-11-27-19(16)24-28(21(27)30)13-17(29)26-9-2-1-3-10-26/h4-8,11-12H,1-3,9-10,13H2. The van der Waals surface area contributed by atoms with Gasteiger partial charge in [0.1, 0.15) is 6.54 Å². The van der Waals surface area contributed by atoms with Crippen LogP contribution in [-0.2, 0) is 11.3 Å². The second kappa shape index (κ2) is 7.99. The molecule has 4 aromatic rings. The van der Waals surface area contributed by atoms with E-state index in [4.69, 9.17) is 16.1 Å². The van der Waals surface area contributed by atoms with Crippen molar-refractivity contribution in [2.75, 3.05) is 13.1 Å². The summed E-state index contributed by atoms with van der Waals surface area (Å²) in [5.74, 6) is 0.495. The van der Waals surface area contributed by atoms with Crippen LogP contribution in [0.4, 0.5) is 0 Å². The highest BCUT2D eigenvalue weighted by Gasteiger charge is 2.21. The summed E-state index contributed by atoms with van der Waals surface area (Å²) in [5.41, 5.74) is 1.17. The van der Waals surface area contributed by atoms with Gasteiger partial charge in [0, 0.05) is 29.9 Å². The Labute approximate surface area is 181 Å². The van der Waals surface area contributed by atoms with Crippen molar-refractivity contribution >= 4 is 23.2 Å².